The first-order chi connectivity index (χ1) is 7.72. The highest BCUT2D eigenvalue weighted by molar-refractivity contribution is 5.25. The van der Waals surface area contributed by atoms with E-state index in [4.69, 9.17) is 5.11 Å². The van der Waals surface area contributed by atoms with Crippen LogP contribution in [0.15, 0.2) is 12.7 Å². The lowest BCUT2D eigenvalue weighted by Gasteiger charge is -2.15. The van der Waals surface area contributed by atoms with Gasteiger partial charge in [-0.05, 0) is 6.42 Å². The summed E-state index contributed by atoms with van der Waals surface area (Å²) in [6.07, 6.45) is 0.401. The van der Waals surface area contributed by atoms with E-state index >= 15 is 0 Å². The van der Waals surface area contributed by atoms with Crippen LogP contribution in [0.25, 0.3) is 0 Å². The Balaban J connectivity index is 2.01. The van der Waals surface area contributed by atoms with Crippen molar-refractivity contribution < 1.29 is 14.6 Å². The van der Waals surface area contributed by atoms with Crippen LogP contribution >= 0.6 is 0 Å². The molecular formula is C9H13FN4O2. The molecular weight excluding hydrogens is 215 g/mol. The van der Waals surface area contributed by atoms with Gasteiger partial charge in [-0.2, -0.15) is 0 Å². The maximum Gasteiger partial charge on any atom is 0.225 e. The van der Waals surface area contributed by atoms with Gasteiger partial charge in [-0.1, -0.05) is 0 Å². The zero-order valence-electron chi connectivity index (χ0n) is 8.49. The van der Waals surface area contributed by atoms with Crippen LogP contribution in [0.5, 0.6) is 0 Å². The molecule has 0 saturated heterocycles. The van der Waals surface area contributed by atoms with Gasteiger partial charge in [0.2, 0.25) is 5.95 Å². The molecule has 7 heteroatoms. The van der Waals surface area contributed by atoms with Crippen molar-refractivity contribution in [2.75, 3.05) is 11.9 Å². The molecule has 0 bridgehead atoms. The average molecular weight is 228 g/mol. The second kappa shape index (κ2) is 4.67. The fourth-order valence-corrected chi connectivity index (χ4v) is 1.89. The molecule has 0 amide bonds. The van der Waals surface area contributed by atoms with Crippen LogP contribution < -0.4 is 5.32 Å². The molecule has 1 fully saturated rings. The lowest BCUT2D eigenvalue weighted by molar-refractivity contribution is 0.0444. The van der Waals surface area contributed by atoms with Crippen LogP contribution in [0.2, 0.25) is 0 Å². The largest absolute Gasteiger partial charge is 0.396 e. The highest BCUT2D eigenvalue weighted by atomic mass is 19.1. The number of aromatic nitrogens is 3. The molecule has 3 N–H and O–H groups in total. The van der Waals surface area contributed by atoms with Crippen molar-refractivity contribution in [3.05, 3.63) is 12.7 Å². The maximum absolute atomic E-state index is 13.6. The number of nitrogens with zero attached hydrogens (tertiary/aromatic N) is 3. The number of hydrogen-bond acceptors (Lipinski definition) is 6. The number of aliphatic hydroxyl groups is 2. The molecule has 1 aliphatic rings. The molecule has 1 aromatic heterocycles. The van der Waals surface area contributed by atoms with E-state index in [1.807, 2.05) is 0 Å². The van der Waals surface area contributed by atoms with Crippen molar-refractivity contribution in [1.29, 1.82) is 0 Å². The zero-order chi connectivity index (χ0) is 11.5. The number of nitrogens with one attached hydrogen (secondary N) is 1. The van der Waals surface area contributed by atoms with Crippen LogP contribution in [0.3, 0.4) is 0 Å². The molecule has 1 aromatic rings. The van der Waals surface area contributed by atoms with E-state index in [1.54, 1.807) is 0 Å². The minimum absolute atomic E-state index is 0.225. The maximum atomic E-state index is 13.6. The van der Waals surface area contributed by atoms with Gasteiger partial charge >= 0.3 is 0 Å². The van der Waals surface area contributed by atoms with E-state index in [9.17, 15) is 9.50 Å². The molecule has 1 saturated carbocycles. The summed E-state index contributed by atoms with van der Waals surface area (Å²) in [5, 5.41) is 21.2. The fourth-order valence-electron chi connectivity index (χ4n) is 1.89. The second-order valence-corrected chi connectivity index (χ2v) is 3.83. The molecule has 88 valence electrons. The molecule has 0 unspecified atom stereocenters. The van der Waals surface area contributed by atoms with Crippen molar-refractivity contribution >= 4 is 5.95 Å². The van der Waals surface area contributed by atoms with E-state index in [1.165, 1.54) is 12.7 Å². The van der Waals surface area contributed by atoms with E-state index in [0.29, 0.717) is 6.42 Å². The van der Waals surface area contributed by atoms with E-state index in [2.05, 4.69) is 20.3 Å². The van der Waals surface area contributed by atoms with Crippen LogP contribution in [0.1, 0.15) is 6.42 Å². The van der Waals surface area contributed by atoms with E-state index in [0.717, 1.165) is 0 Å². The third kappa shape index (κ3) is 2.10. The number of anilines is 1. The molecule has 1 aliphatic carbocycles. The standard InChI is InChI=1S/C9H13FN4O2/c10-7-6(1-5(2-15)8(7)16)14-9-12-3-11-4-13-9/h3-8,15-16H,1-2H2,(H,11,12,13,14)/t5-,6-,7+,8-/m1/s1. The van der Waals surface area contributed by atoms with Gasteiger partial charge in [-0.25, -0.2) is 19.3 Å². The Morgan fingerprint density at radius 3 is 2.69 bits per heavy atom. The highest BCUT2D eigenvalue weighted by Gasteiger charge is 2.42. The average Bonchev–Trinajstić information content (AvgIpc) is 2.58. The topological polar surface area (TPSA) is 91.2 Å². The molecule has 2 rings (SSSR count). The summed E-state index contributed by atoms with van der Waals surface area (Å²) < 4.78 is 13.6. The quantitative estimate of drug-likeness (QED) is 0.637. The smallest absolute Gasteiger partial charge is 0.225 e. The Morgan fingerprint density at radius 1 is 1.44 bits per heavy atom. The molecule has 0 aliphatic heterocycles. The summed E-state index contributed by atoms with van der Waals surface area (Å²) in [7, 11) is 0. The first kappa shape index (κ1) is 11.2. The fraction of sp³-hybridized carbons (Fsp3) is 0.667. The third-order valence-electron chi connectivity index (χ3n) is 2.79. The lowest BCUT2D eigenvalue weighted by Crippen LogP contribution is -2.32. The first-order valence-corrected chi connectivity index (χ1v) is 5.04. The summed E-state index contributed by atoms with van der Waals surface area (Å²) in [6, 6.07) is -0.574. The van der Waals surface area contributed by atoms with Gasteiger partial charge in [-0.15, -0.1) is 0 Å². The Hall–Kier alpha value is -1.34. The molecule has 4 atom stereocenters. The van der Waals surface area contributed by atoms with Gasteiger partial charge in [-0.3, -0.25) is 0 Å². The Bertz CT molecular complexity index is 340. The summed E-state index contributed by atoms with van der Waals surface area (Å²) in [5.41, 5.74) is 0. The number of hydrogen-bond donors (Lipinski definition) is 3. The monoisotopic (exact) mass is 228 g/mol. The van der Waals surface area contributed by atoms with Crippen molar-refractivity contribution in [2.45, 2.75) is 24.7 Å². The van der Waals surface area contributed by atoms with Crippen molar-refractivity contribution in [1.82, 2.24) is 15.0 Å². The number of halogens is 1. The lowest BCUT2D eigenvalue weighted by atomic mass is 10.1. The van der Waals surface area contributed by atoms with Crippen LogP contribution in [-0.2, 0) is 0 Å². The van der Waals surface area contributed by atoms with Crippen LogP contribution in [-0.4, -0.2) is 50.1 Å². The van der Waals surface area contributed by atoms with Crippen molar-refractivity contribution in [3.8, 4) is 0 Å². The van der Waals surface area contributed by atoms with Gasteiger partial charge < -0.3 is 15.5 Å². The second-order valence-electron chi connectivity index (χ2n) is 3.83. The number of rotatable bonds is 3. The minimum atomic E-state index is -1.42. The predicted molar refractivity (Wildman–Crippen MR) is 53.3 cm³/mol. The summed E-state index contributed by atoms with van der Waals surface area (Å²) >= 11 is 0. The third-order valence-corrected chi connectivity index (χ3v) is 2.79. The molecule has 0 aromatic carbocycles. The van der Waals surface area contributed by atoms with E-state index in [-0.39, 0.29) is 12.6 Å². The number of aliphatic hydroxyl groups excluding tert-OH is 2. The van der Waals surface area contributed by atoms with Crippen LogP contribution in [0.4, 0.5) is 10.3 Å². The minimum Gasteiger partial charge on any atom is -0.396 e. The van der Waals surface area contributed by atoms with Gasteiger partial charge in [0.05, 0.1) is 12.1 Å². The highest BCUT2D eigenvalue weighted by Crippen LogP contribution is 2.30. The first-order valence-electron chi connectivity index (χ1n) is 5.04. The molecule has 6 nitrogen and oxygen atoms in total. The molecule has 0 spiro atoms. The van der Waals surface area contributed by atoms with Crippen molar-refractivity contribution in [2.24, 2.45) is 5.92 Å². The van der Waals surface area contributed by atoms with Gasteiger partial charge in [0.25, 0.3) is 0 Å². The summed E-state index contributed by atoms with van der Waals surface area (Å²) in [5.74, 6) is -0.164. The van der Waals surface area contributed by atoms with Gasteiger partial charge in [0.15, 0.2) is 0 Å². The Morgan fingerprint density at radius 2 is 2.12 bits per heavy atom. The predicted octanol–water partition coefficient (Wildman–Crippen LogP) is -0.637. The molecule has 1 heterocycles. The summed E-state index contributed by atoms with van der Waals surface area (Å²) in [4.78, 5) is 11.3. The zero-order valence-corrected chi connectivity index (χ0v) is 8.49. The molecule has 0 radical (unpaired) electrons. The molecule has 16 heavy (non-hydrogen) atoms. The SMILES string of the molecule is OC[C@H]1C[C@@H](Nc2ncncn2)[C@H](F)[C@@H]1O. The Kier molecular flexibility index (Phi) is 3.25. The number of alkyl halides is 1. The normalized spacial score (nSPS) is 33.9. The van der Waals surface area contributed by atoms with E-state index < -0.39 is 24.2 Å². The van der Waals surface area contributed by atoms with Crippen molar-refractivity contribution in [3.63, 3.8) is 0 Å². The summed E-state index contributed by atoms with van der Waals surface area (Å²) in [6.45, 7) is -0.225. The Labute approximate surface area is 91.6 Å². The van der Waals surface area contributed by atoms with Gasteiger partial charge in [0.1, 0.15) is 18.8 Å². The van der Waals surface area contributed by atoms with Gasteiger partial charge in [0, 0.05) is 12.5 Å². The van der Waals surface area contributed by atoms with Crippen LogP contribution in [0, 0.1) is 5.92 Å².